The fourth-order valence-corrected chi connectivity index (χ4v) is 3.02. The number of aliphatic carboxylic acids is 1. The summed E-state index contributed by atoms with van der Waals surface area (Å²) in [6.07, 6.45) is 1.70. The molecule has 2 aromatic rings. The Morgan fingerprint density at radius 2 is 1.94 bits per heavy atom. The van der Waals surface area contributed by atoms with Crippen LogP contribution >= 0.6 is 0 Å². The van der Waals surface area contributed by atoms with Crippen molar-refractivity contribution in [3.63, 3.8) is 0 Å². The lowest BCUT2D eigenvalue weighted by molar-refractivity contribution is -0.131. The van der Waals surface area contributed by atoms with Crippen LogP contribution in [0.25, 0.3) is 0 Å². The molecule has 0 aliphatic rings. The highest BCUT2D eigenvalue weighted by Crippen LogP contribution is 2.41. The van der Waals surface area contributed by atoms with Crippen LogP contribution in [0.3, 0.4) is 0 Å². The molecule has 1 atom stereocenters. The normalized spacial score (nSPS) is 12.2. The number of hydrogen-bond donors (Lipinski definition) is 3. The van der Waals surface area contributed by atoms with E-state index >= 15 is 0 Å². The Labute approximate surface area is 179 Å². The molecular weight excluding hydrogens is 403 g/mol. The van der Waals surface area contributed by atoms with E-state index in [0.717, 1.165) is 12.1 Å². The molecule has 2 rings (SSSR count). The molecule has 0 bridgehead atoms. The Hall–Kier alpha value is -3.86. The number of ether oxygens (including phenoxy) is 1. The van der Waals surface area contributed by atoms with Gasteiger partial charge in [0.1, 0.15) is 6.10 Å². The van der Waals surface area contributed by atoms with Gasteiger partial charge in [0.25, 0.3) is 0 Å². The summed E-state index contributed by atoms with van der Waals surface area (Å²) in [6.45, 7) is 3.62. The van der Waals surface area contributed by atoms with Crippen molar-refractivity contribution < 1.29 is 28.9 Å². The van der Waals surface area contributed by atoms with Gasteiger partial charge >= 0.3 is 12.1 Å². The Kier molecular flexibility index (Phi) is 7.75. The molecule has 0 aliphatic heterocycles. The number of amides is 1. The Balaban J connectivity index is 2.23. The summed E-state index contributed by atoms with van der Waals surface area (Å²) in [4.78, 5) is 23.2. The topological polar surface area (TPSA) is 120 Å². The summed E-state index contributed by atoms with van der Waals surface area (Å²) in [5, 5.41) is 29.6. The highest BCUT2D eigenvalue weighted by Gasteiger charge is 2.34. The van der Waals surface area contributed by atoms with Crippen molar-refractivity contribution in [2.75, 3.05) is 5.32 Å². The van der Waals surface area contributed by atoms with Crippen LogP contribution in [0.2, 0.25) is 0 Å². The van der Waals surface area contributed by atoms with Crippen molar-refractivity contribution in [2.45, 2.75) is 32.8 Å². The number of rotatable bonds is 8. The SMILES string of the molecule is CC(C)(CC/C=C/C(=O)O)[C@@H](OC(=O)Nc1ccc(C#N)cc1)c1ccc(O)c(F)c1. The Bertz CT molecular complexity index is 1010. The predicted octanol–water partition coefficient (Wildman–Crippen LogP) is 5.14. The van der Waals surface area contributed by atoms with Crippen LogP contribution in [-0.4, -0.2) is 22.3 Å². The molecule has 1 amide bonds. The van der Waals surface area contributed by atoms with E-state index in [4.69, 9.17) is 15.1 Å². The van der Waals surface area contributed by atoms with Gasteiger partial charge in [0, 0.05) is 17.2 Å². The van der Waals surface area contributed by atoms with Crippen molar-refractivity contribution in [3.8, 4) is 11.8 Å². The summed E-state index contributed by atoms with van der Waals surface area (Å²) >= 11 is 0. The molecule has 162 valence electrons. The van der Waals surface area contributed by atoms with Gasteiger partial charge in [0.2, 0.25) is 0 Å². The summed E-state index contributed by atoms with van der Waals surface area (Å²) in [5.41, 5.74) is 0.500. The van der Waals surface area contributed by atoms with Gasteiger partial charge in [0.05, 0.1) is 11.6 Å². The first-order chi connectivity index (χ1) is 14.6. The molecule has 31 heavy (non-hydrogen) atoms. The predicted molar refractivity (Wildman–Crippen MR) is 112 cm³/mol. The number of carboxylic acids is 1. The van der Waals surface area contributed by atoms with Crippen LogP contribution in [-0.2, 0) is 9.53 Å². The van der Waals surface area contributed by atoms with Crippen molar-refractivity contribution in [1.82, 2.24) is 0 Å². The number of phenolic OH excluding ortho intramolecular Hbond substituents is 1. The van der Waals surface area contributed by atoms with Gasteiger partial charge in [-0.05, 0) is 54.8 Å². The molecule has 0 aliphatic carbocycles. The molecule has 0 radical (unpaired) electrons. The van der Waals surface area contributed by atoms with Crippen molar-refractivity contribution in [2.24, 2.45) is 5.41 Å². The highest BCUT2D eigenvalue weighted by molar-refractivity contribution is 5.84. The van der Waals surface area contributed by atoms with E-state index in [1.807, 2.05) is 19.9 Å². The standard InChI is InChI=1S/C23H23FN2O5/c1-23(2,12-4-3-5-20(28)29)21(16-8-11-19(27)18(24)13-16)31-22(30)26-17-9-6-15(14-25)7-10-17/h3,5-11,13,21,27H,4,12H2,1-2H3,(H,26,30)(H,28,29)/b5-3+/t21-/m0/s1. The third-order valence-corrected chi connectivity index (χ3v) is 4.69. The van der Waals surface area contributed by atoms with E-state index in [1.165, 1.54) is 18.2 Å². The molecular formula is C23H23FN2O5. The number of allylic oxidation sites excluding steroid dienone is 1. The van der Waals surface area contributed by atoms with Gasteiger partial charge in [-0.2, -0.15) is 5.26 Å². The second kappa shape index (κ2) is 10.3. The number of nitrogens with zero attached hydrogens (tertiary/aromatic N) is 1. The van der Waals surface area contributed by atoms with Gasteiger partial charge in [-0.3, -0.25) is 5.32 Å². The minimum atomic E-state index is -1.06. The molecule has 0 unspecified atom stereocenters. The van der Waals surface area contributed by atoms with Crippen LogP contribution in [0.1, 0.15) is 43.9 Å². The zero-order valence-electron chi connectivity index (χ0n) is 17.1. The number of carbonyl (C=O) groups is 2. The molecule has 0 aromatic heterocycles. The number of halogens is 1. The fraction of sp³-hybridized carbons (Fsp3) is 0.261. The maximum Gasteiger partial charge on any atom is 0.412 e. The molecule has 2 aromatic carbocycles. The minimum Gasteiger partial charge on any atom is -0.505 e. The number of nitrogens with one attached hydrogen (secondary N) is 1. The number of anilines is 1. The van der Waals surface area contributed by atoms with Crippen LogP contribution in [0.4, 0.5) is 14.9 Å². The first kappa shape index (κ1) is 23.4. The number of benzene rings is 2. The van der Waals surface area contributed by atoms with E-state index in [2.05, 4.69) is 5.32 Å². The summed E-state index contributed by atoms with van der Waals surface area (Å²) in [7, 11) is 0. The second-order valence-corrected chi connectivity index (χ2v) is 7.58. The molecule has 3 N–H and O–H groups in total. The van der Waals surface area contributed by atoms with Gasteiger partial charge in [-0.25, -0.2) is 14.0 Å². The Morgan fingerprint density at radius 1 is 1.26 bits per heavy atom. The monoisotopic (exact) mass is 426 g/mol. The number of nitriles is 1. The number of hydrogen-bond acceptors (Lipinski definition) is 5. The Morgan fingerprint density at radius 3 is 2.52 bits per heavy atom. The number of carbonyl (C=O) groups excluding carboxylic acids is 1. The second-order valence-electron chi connectivity index (χ2n) is 7.58. The number of phenols is 1. The van der Waals surface area contributed by atoms with Crippen LogP contribution < -0.4 is 5.32 Å². The lowest BCUT2D eigenvalue weighted by atomic mass is 9.78. The van der Waals surface area contributed by atoms with Crippen molar-refractivity contribution in [3.05, 3.63) is 71.6 Å². The van der Waals surface area contributed by atoms with Gasteiger partial charge in [0.15, 0.2) is 11.6 Å². The van der Waals surface area contributed by atoms with Crippen LogP contribution in [0, 0.1) is 22.6 Å². The van der Waals surface area contributed by atoms with Gasteiger partial charge in [-0.1, -0.05) is 26.0 Å². The lowest BCUT2D eigenvalue weighted by Gasteiger charge is -2.34. The van der Waals surface area contributed by atoms with E-state index in [1.54, 1.807) is 24.3 Å². The summed E-state index contributed by atoms with van der Waals surface area (Å²) < 4.78 is 19.6. The van der Waals surface area contributed by atoms with E-state index in [0.29, 0.717) is 29.7 Å². The lowest BCUT2D eigenvalue weighted by Crippen LogP contribution is -2.29. The largest absolute Gasteiger partial charge is 0.505 e. The molecule has 0 fully saturated rings. The van der Waals surface area contributed by atoms with E-state index in [9.17, 15) is 19.1 Å². The molecule has 0 saturated carbocycles. The number of carboxylic acid groups (broad SMARTS) is 1. The number of aromatic hydroxyl groups is 1. The van der Waals surface area contributed by atoms with E-state index in [-0.39, 0.29) is 0 Å². The highest BCUT2D eigenvalue weighted by atomic mass is 19.1. The molecule has 7 nitrogen and oxygen atoms in total. The average molecular weight is 426 g/mol. The summed E-state index contributed by atoms with van der Waals surface area (Å²) in [6, 6.07) is 11.9. The third-order valence-electron chi connectivity index (χ3n) is 4.69. The maximum atomic E-state index is 14.0. The quantitative estimate of drug-likeness (QED) is 0.503. The summed E-state index contributed by atoms with van der Waals surface area (Å²) in [5.74, 6) is -2.43. The van der Waals surface area contributed by atoms with Crippen LogP contribution in [0.15, 0.2) is 54.6 Å². The average Bonchev–Trinajstić information content (AvgIpc) is 2.72. The first-order valence-corrected chi connectivity index (χ1v) is 9.48. The van der Waals surface area contributed by atoms with Crippen molar-refractivity contribution >= 4 is 17.7 Å². The smallest absolute Gasteiger partial charge is 0.412 e. The molecule has 0 heterocycles. The zero-order chi connectivity index (χ0) is 23.0. The molecule has 0 spiro atoms. The molecule has 0 saturated heterocycles. The maximum absolute atomic E-state index is 14.0. The van der Waals surface area contributed by atoms with Crippen LogP contribution in [0.5, 0.6) is 5.75 Å². The van der Waals surface area contributed by atoms with Crippen molar-refractivity contribution in [1.29, 1.82) is 5.26 Å². The van der Waals surface area contributed by atoms with Gasteiger partial charge < -0.3 is 14.9 Å². The fourth-order valence-electron chi connectivity index (χ4n) is 3.02. The van der Waals surface area contributed by atoms with E-state index < -0.39 is 35.1 Å². The first-order valence-electron chi connectivity index (χ1n) is 9.48. The molecule has 8 heteroatoms. The third kappa shape index (κ3) is 6.85. The minimum absolute atomic E-state index is 0.345. The zero-order valence-corrected chi connectivity index (χ0v) is 17.1. The van der Waals surface area contributed by atoms with Gasteiger partial charge in [-0.15, -0.1) is 0 Å².